The van der Waals surface area contributed by atoms with Gasteiger partial charge in [0, 0.05) is 10.4 Å². The number of hydrogen-bond donors (Lipinski definition) is 3. The maximum absolute atomic E-state index is 12.9. The summed E-state index contributed by atoms with van der Waals surface area (Å²) in [4.78, 5) is 42.4. The Hall–Kier alpha value is -3.52. The number of benzene rings is 2. The molecule has 30 heavy (non-hydrogen) atoms. The summed E-state index contributed by atoms with van der Waals surface area (Å²) >= 11 is 1.39. The standard InChI is InChI=1S/C22H20N4O3S/c1-12-6-8-13(9-7-12)20(28)26-22-25-18-15(10-11-17(18)30-22)21(29)24-16-5-3-2-4-14(16)19(23)27/h2-9,15H,10-11H2,1H3,(H2,23,27)(H,24,29)(H,25,26,28). The van der Waals surface area contributed by atoms with Crippen molar-refractivity contribution >= 4 is 39.9 Å². The number of aromatic nitrogens is 1. The van der Waals surface area contributed by atoms with Gasteiger partial charge in [-0.15, -0.1) is 11.3 Å². The van der Waals surface area contributed by atoms with Gasteiger partial charge in [0.25, 0.3) is 11.8 Å². The zero-order valence-corrected chi connectivity index (χ0v) is 17.1. The largest absolute Gasteiger partial charge is 0.366 e. The van der Waals surface area contributed by atoms with Gasteiger partial charge in [0.15, 0.2) is 5.13 Å². The predicted molar refractivity (Wildman–Crippen MR) is 116 cm³/mol. The van der Waals surface area contributed by atoms with Crippen LogP contribution >= 0.6 is 11.3 Å². The van der Waals surface area contributed by atoms with E-state index in [1.807, 2.05) is 19.1 Å². The number of carbonyl (C=O) groups is 3. The van der Waals surface area contributed by atoms with Crippen LogP contribution in [0.25, 0.3) is 0 Å². The minimum atomic E-state index is -0.604. The average Bonchev–Trinajstić information content (AvgIpc) is 3.28. The van der Waals surface area contributed by atoms with E-state index < -0.39 is 11.8 Å². The summed E-state index contributed by atoms with van der Waals surface area (Å²) in [6.45, 7) is 1.96. The van der Waals surface area contributed by atoms with Crippen molar-refractivity contribution in [3.8, 4) is 0 Å². The highest BCUT2D eigenvalue weighted by molar-refractivity contribution is 7.16. The number of thiazole rings is 1. The summed E-state index contributed by atoms with van der Waals surface area (Å²) in [5, 5.41) is 6.08. The Labute approximate surface area is 177 Å². The first-order valence-electron chi connectivity index (χ1n) is 9.49. The topological polar surface area (TPSA) is 114 Å². The summed E-state index contributed by atoms with van der Waals surface area (Å²) in [5.41, 5.74) is 8.32. The van der Waals surface area contributed by atoms with Crippen molar-refractivity contribution in [2.75, 3.05) is 10.6 Å². The van der Waals surface area contributed by atoms with Crippen molar-refractivity contribution in [2.45, 2.75) is 25.7 Å². The Balaban J connectivity index is 1.49. The first-order valence-corrected chi connectivity index (χ1v) is 10.3. The number of nitrogens with zero attached hydrogens (tertiary/aromatic N) is 1. The fourth-order valence-corrected chi connectivity index (χ4v) is 4.47. The Morgan fingerprint density at radius 2 is 1.80 bits per heavy atom. The van der Waals surface area contributed by atoms with Gasteiger partial charge in [0.1, 0.15) is 0 Å². The predicted octanol–water partition coefficient (Wildman–Crippen LogP) is 3.47. The molecule has 1 atom stereocenters. The van der Waals surface area contributed by atoms with Crippen molar-refractivity contribution in [3.63, 3.8) is 0 Å². The van der Waals surface area contributed by atoms with Crippen LogP contribution in [0.3, 0.4) is 0 Å². The lowest BCUT2D eigenvalue weighted by molar-refractivity contribution is -0.117. The molecule has 1 aliphatic carbocycles. The number of hydrogen-bond acceptors (Lipinski definition) is 5. The number of carbonyl (C=O) groups excluding carboxylic acids is 3. The van der Waals surface area contributed by atoms with E-state index in [0.717, 1.165) is 10.4 Å². The SMILES string of the molecule is Cc1ccc(C(=O)Nc2nc3c(s2)CCC3C(=O)Nc2ccccc2C(N)=O)cc1. The lowest BCUT2D eigenvalue weighted by atomic mass is 10.1. The Morgan fingerprint density at radius 3 is 2.53 bits per heavy atom. The van der Waals surface area contributed by atoms with E-state index in [1.54, 1.807) is 36.4 Å². The Kier molecular flexibility index (Phi) is 5.33. The van der Waals surface area contributed by atoms with E-state index in [0.29, 0.717) is 34.9 Å². The van der Waals surface area contributed by atoms with Gasteiger partial charge in [-0.1, -0.05) is 29.8 Å². The highest BCUT2D eigenvalue weighted by atomic mass is 32.1. The van der Waals surface area contributed by atoms with Crippen LogP contribution in [0.2, 0.25) is 0 Å². The van der Waals surface area contributed by atoms with Crippen LogP contribution < -0.4 is 16.4 Å². The van der Waals surface area contributed by atoms with E-state index in [-0.39, 0.29) is 17.4 Å². The Morgan fingerprint density at radius 1 is 1.07 bits per heavy atom. The quantitative estimate of drug-likeness (QED) is 0.586. The van der Waals surface area contributed by atoms with Gasteiger partial charge in [-0.3, -0.25) is 19.7 Å². The highest BCUT2D eigenvalue weighted by Gasteiger charge is 2.33. The molecule has 0 bridgehead atoms. The lowest BCUT2D eigenvalue weighted by Crippen LogP contribution is -2.22. The fourth-order valence-electron chi connectivity index (χ4n) is 3.44. The first-order chi connectivity index (χ1) is 14.4. The first kappa shape index (κ1) is 19.8. The zero-order chi connectivity index (χ0) is 21.3. The molecule has 0 saturated carbocycles. The molecular weight excluding hydrogens is 400 g/mol. The molecule has 8 heteroatoms. The van der Waals surface area contributed by atoms with Crippen molar-refractivity contribution in [3.05, 3.63) is 75.8 Å². The highest BCUT2D eigenvalue weighted by Crippen LogP contribution is 2.39. The van der Waals surface area contributed by atoms with Gasteiger partial charge in [0.2, 0.25) is 5.91 Å². The molecule has 4 N–H and O–H groups in total. The number of primary amides is 1. The summed E-state index contributed by atoms with van der Waals surface area (Å²) < 4.78 is 0. The maximum Gasteiger partial charge on any atom is 0.257 e. The van der Waals surface area contributed by atoms with E-state index in [9.17, 15) is 14.4 Å². The molecule has 0 aliphatic heterocycles. The van der Waals surface area contributed by atoms with E-state index in [2.05, 4.69) is 15.6 Å². The number of rotatable bonds is 5. The molecule has 1 aromatic heterocycles. The molecule has 0 radical (unpaired) electrons. The zero-order valence-electron chi connectivity index (χ0n) is 16.3. The molecule has 4 rings (SSSR count). The average molecular weight is 420 g/mol. The van der Waals surface area contributed by atoms with Gasteiger partial charge in [0.05, 0.1) is 22.9 Å². The molecule has 0 fully saturated rings. The van der Waals surface area contributed by atoms with Crippen molar-refractivity contribution < 1.29 is 14.4 Å². The monoisotopic (exact) mass is 420 g/mol. The fraction of sp³-hybridized carbons (Fsp3) is 0.182. The molecule has 1 aliphatic rings. The van der Waals surface area contributed by atoms with E-state index in [4.69, 9.17) is 5.73 Å². The maximum atomic E-state index is 12.9. The molecule has 0 saturated heterocycles. The van der Waals surface area contributed by atoms with Gasteiger partial charge in [-0.25, -0.2) is 4.98 Å². The van der Waals surface area contributed by atoms with Crippen molar-refractivity contribution in [1.82, 2.24) is 4.98 Å². The van der Waals surface area contributed by atoms with Crippen molar-refractivity contribution in [1.29, 1.82) is 0 Å². The van der Waals surface area contributed by atoms with Crippen LogP contribution in [0.5, 0.6) is 0 Å². The molecule has 2 aromatic carbocycles. The molecule has 1 unspecified atom stereocenters. The molecule has 3 aromatic rings. The molecule has 7 nitrogen and oxygen atoms in total. The van der Waals surface area contributed by atoms with Crippen LogP contribution in [-0.2, 0) is 11.2 Å². The van der Waals surface area contributed by atoms with Gasteiger partial charge >= 0.3 is 0 Å². The molecule has 3 amide bonds. The number of amides is 3. The smallest absolute Gasteiger partial charge is 0.257 e. The minimum absolute atomic E-state index is 0.237. The van der Waals surface area contributed by atoms with Gasteiger partial charge in [-0.2, -0.15) is 0 Å². The number of para-hydroxylation sites is 1. The van der Waals surface area contributed by atoms with Gasteiger partial charge < -0.3 is 11.1 Å². The van der Waals surface area contributed by atoms with Crippen molar-refractivity contribution in [2.24, 2.45) is 5.73 Å². The van der Waals surface area contributed by atoms with Crippen LogP contribution in [0.4, 0.5) is 10.8 Å². The number of nitrogens with one attached hydrogen (secondary N) is 2. The summed E-state index contributed by atoms with van der Waals surface area (Å²) in [7, 11) is 0. The minimum Gasteiger partial charge on any atom is -0.366 e. The molecular formula is C22H20N4O3S. The summed E-state index contributed by atoms with van der Waals surface area (Å²) in [6.07, 6.45) is 1.34. The molecule has 0 spiro atoms. The lowest BCUT2D eigenvalue weighted by Gasteiger charge is -2.13. The third-order valence-corrected chi connectivity index (χ3v) is 6.07. The number of fused-ring (bicyclic) bond motifs is 1. The third kappa shape index (κ3) is 3.95. The molecule has 1 heterocycles. The van der Waals surface area contributed by atoms with Crippen LogP contribution in [0, 0.1) is 6.92 Å². The van der Waals surface area contributed by atoms with Crippen LogP contribution in [0.1, 0.15) is 49.2 Å². The second kappa shape index (κ2) is 8.08. The number of nitrogens with two attached hydrogens (primary N) is 1. The number of aryl methyl sites for hydroxylation is 2. The normalized spacial score (nSPS) is 14.8. The van der Waals surface area contributed by atoms with E-state index in [1.165, 1.54) is 11.3 Å². The summed E-state index contributed by atoms with van der Waals surface area (Å²) in [6, 6.07) is 13.9. The second-order valence-electron chi connectivity index (χ2n) is 7.14. The van der Waals surface area contributed by atoms with E-state index >= 15 is 0 Å². The van der Waals surface area contributed by atoms with Crippen LogP contribution in [-0.4, -0.2) is 22.7 Å². The Bertz CT molecular complexity index is 1140. The molecule has 152 valence electrons. The van der Waals surface area contributed by atoms with Crippen LogP contribution in [0.15, 0.2) is 48.5 Å². The van der Waals surface area contributed by atoms with Gasteiger partial charge in [-0.05, 0) is 44.0 Å². The second-order valence-corrected chi connectivity index (χ2v) is 8.22. The summed E-state index contributed by atoms with van der Waals surface area (Å²) in [5.74, 6) is -1.53. The number of anilines is 2. The third-order valence-electron chi connectivity index (χ3n) is 5.02.